The Hall–Kier alpha value is -5.13. The Labute approximate surface area is 502 Å². The number of aromatic nitrogens is 2. The minimum Gasteiger partial charge on any atom is -0.382 e. The summed E-state index contributed by atoms with van der Waals surface area (Å²) in [6.07, 6.45) is 14.2. The number of carbonyl (C=O) groups excluding carboxylic acids is 3. The molecule has 3 heterocycles. The van der Waals surface area contributed by atoms with Gasteiger partial charge in [-0.25, -0.2) is 4.98 Å². The number of aromatic amines is 1. The van der Waals surface area contributed by atoms with E-state index in [9.17, 15) is 45.0 Å². The predicted molar refractivity (Wildman–Crippen MR) is 329 cm³/mol. The number of nitrogens with one attached hydrogen (secondary N) is 10. The molecule has 25 nitrogen and oxygen atoms in total. The summed E-state index contributed by atoms with van der Waals surface area (Å²) in [7, 11) is 3.49. The first-order valence-electron chi connectivity index (χ1n) is 31.3. The van der Waals surface area contributed by atoms with Crippen molar-refractivity contribution < 1.29 is 45.0 Å². The number of benzene rings is 1. The van der Waals surface area contributed by atoms with Crippen molar-refractivity contribution in [3.8, 4) is 0 Å². The van der Waals surface area contributed by atoms with Crippen molar-refractivity contribution in [2.24, 2.45) is 34.2 Å². The number of H-pyrrole nitrogens is 1. The maximum absolute atomic E-state index is 14.2. The molecule has 0 saturated carbocycles. The van der Waals surface area contributed by atoms with Crippen LogP contribution in [0.25, 0.3) is 11.0 Å². The van der Waals surface area contributed by atoms with Crippen molar-refractivity contribution in [1.29, 1.82) is 0 Å². The number of aliphatic hydroxyl groups excluding tert-OH is 6. The minimum absolute atomic E-state index is 0.0385. The van der Waals surface area contributed by atoms with Gasteiger partial charge < -0.3 is 73.7 Å². The average Bonchev–Trinajstić information content (AvgIpc) is 3.00. The topological polar surface area (TPSA) is 380 Å². The van der Waals surface area contributed by atoms with Gasteiger partial charge in [0.2, 0.25) is 17.7 Å². The first kappa shape index (κ1) is 69.0. The number of carbonyl (C=O) groups is 3. The molecule has 25 heteroatoms. The Morgan fingerprint density at radius 1 is 0.835 bits per heavy atom. The monoisotopic (exact) mass is 1190 g/mol. The smallest absolute Gasteiger partial charge is 0.243 e. The fraction of sp³-hybridized carbons (Fsp3) is 0.717. The third kappa shape index (κ3) is 22.5. The van der Waals surface area contributed by atoms with Gasteiger partial charge in [0.1, 0.15) is 55.3 Å². The third-order valence-electron chi connectivity index (χ3n) is 17.1. The predicted octanol–water partition coefficient (Wildman–Crippen LogP) is -0.221. The van der Waals surface area contributed by atoms with Crippen LogP contribution in [-0.2, 0) is 20.9 Å². The Kier molecular flexibility index (Phi) is 29.4. The first-order chi connectivity index (χ1) is 41.0. The highest BCUT2D eigenvalue weighted by atomic mass is 16.3. The zero-order valence-electron chi connectivity index (χ0n) is 50.7. The summed E-state index contributed by atoms with van der Waals surface area (Å²) in [5, 5.41) is 95.2. The summed E-state index contributed by atoms with van der Waals surface area (Å²) in [4.78, 5) is 57.0. The molecule has 20 N–H and O–H groups in total. The fourth-order valence-corrected chi connectivity index (χ4v) is 11.9. The second kappa shape index (κ2) is 36.2. The second-order valence-corrected chi connectivity index (χ2v) is 23.7. The molecule has 3 amide bonds. The van der Waals surface area contributed by atoms with E-state index in [1.165, 1.54) is 0 Å². The van der Waals surface area contributed by atoms with Gasteiger partial charge in [0, 0.05) is 56.3 Å². The van der Waals surface area contributed by atoms with Crippen molar-refractivity contribution in [2.75, 3.05) is 53.4 Å². The Balaban J connectivity index is 0.908. The number of imidazole rings is 1. The lowest BCUT2D eigenvalue weighted by atomic mass is 9.82. The van der Waals surface area contributed by atoms with E-state index < -0.39 is 85.3 Å². The molecule has 1 aromatic carbocycles. The number of aliphatic hydroxyl groups is 6. The van der Waals surface area contributed by atoms with E-state index >= 15 is 0 Å². The van der Waals surface area contributed by atoms with Gasteiger partial charge in [0.05, 0.1) is 36.2 Å². The van der Waals surface area contributed by atoms with Gasteiger partial charge in [-0.3, -0.25) is 50.4 Å². The number of nitrogens with two attached hydrogens (primary N) is 2. The summed E-state index contributed by atoms with van der Waals surface area (Å²) < 4.78 is 0. The largest absolute Gasteiger partial charge is 0.382 e. The SMILES string of the molecule is CC[C@@H]1NC(=O)CN[C@H](O)C(CCCNC(N)=NC)N[C@H](O)[C@H](CCCCN[C@H](O)CC[C@@H](N)[C@@H](O)NCCCCCCN2C[C@@H]3C[C@H]([C@H](O)N(C)Cc4nc5ccccc5[nH]4)CC=C3N[C@@H](CC)[C@@H]2O)NC(=O)[C@@H](C[C@H]2C=CC=CC2)NC1=O. The van der Waals surface area contributed by atoms with E-state index in [0.717, 1.165) is 74.0 Å². The van der Waals surface area contributed by atoms with Crippen LogP contribution in [0, 0.1) is 17.8 Å². The molecule has 0 bridgehead atoms. The number of unbranched alkanes of at least 4 members (excludes halogenated alkanes) is 4. The molecular formula is C60H104N16O9. The number of guanidine groups is 1. The number of fused-ring (bicyclic) bond motifs is 2. The highest BCUT2D eigenvalue weighted by molar-refractivity contribution is 5.92. The number of nitrogens with zero attached hydrogens (tertiary/aromatic N) is 4. The van der Waals surface area contributed by atoms with Gasteiger partial charge >= 0.3 is 0 Å². The molecular weight excluding hydrogens is 1090 g/mol. The molecule has 2 aromatic rings. The highest BCUT2D eigenvalue weighted by Gasteiger charge is 2.39. The summed E-state index contributed by atoms with van der Waals surface area (Å²) in [5.74, 6) is -0.315. The summed E-state index contributed by atoms with van der Waals surface area (Å²) >= 11 is 0. The molecule has 1 unspecified atom stereocenters. The highest BCUT2D eigenvalue weighted by Crippen LogP contribution is 2.35. The van der Waals surface area contributed by atoms with Crippen molar-refractivity contribution in [2.45, 2.75) is 203 Å². The summed E-state index contributed by atoms with van der Waals surface area (Å²) in [6.45, 7) is 6.88. The van der Waals surface area contributed by atoms with Crippen LogP contribution >= 0.6 is 0 Å². The summed E-state index contributed by atoms with van der Waals surface area (Å²) in [5.41, 5.74) is 15.2. The van der Waals surface area contributed by atoms with Gasteiger partial charge in [-0.05, 0) is 135 Å². The molecule has 15 atom stereocenters. The van der Waals surface area contributed by atoms with Crippen LogP contribution in [-0.4, -0.2) is 201 Å². The van der Waals surface area contributed by atoms with Crippen molar-refractivity contribution in [3.63, 3.8) is 0 Å². The molecule has 2 saturated heterocycles. The molecule has 2 fully saturated rings. The molecule has 0 spiro atoms. The van der Waals surface area contributed by atoms with Crippen LogP contribution < -0.4 is 59.3 Å². The van der Waals surface area contributed by atoms with E-state index in [4.69, 9.17) is 16.5 Å². The standard InChI is InChI=1S/C60H104N16O9/c1-5-42-55(81)74-49(33-38-19-10-9-11-20-38)57(83)73-48(56(82)72-47(24-18-31-66-60(62)63-3)54(80)67-35-52(78)71-42)23-14-16-29-64-51(77)28-26-41(61)53(79)65-30-15-7-8-17-32-76-36-40-34-39(25-27-44(40)68-43(6-2)59(76)85)58(84)75(4)37-50-69-45-21-12-13-22-46(45)70-50/h9-13,19,21-22,27,38-43,47-49,51,53-54,56,58-59,64-65,67-68,72,77,79-80,82,84-85H,5-8,14-18,20,23-26,28-37,61H2,1-4H3,(H,69,70)(H,71,78)(H,73,83)(H,74,81)(H3,62,63,66)/t38-,39+,40-,41+,42-,43-,47?,48-,49+,51+,53+,54+,56+,58-,59-/m0/s1. The van der Waals surface area contributed by atoms with Gasteiger partial charge in [0.15, 0.2) is 5.96 Å². The molecule has 4 aliphatic rings. The van der Waals surface area contributed by atoms with Crippen LogP contribution in [0.3, 0.4) is 0 Å². The summed E-state index contributed by atoms with van der Waals surface area (Å²) in [6, 6.07) is 3.64. The second-order valence-electron chi connectivity index (χ2n) is 23.7. The van der Waals surface area contributed by atoms with E-state index in [1.807, 2.05) is 60.5 Å². The lowest BCUT2D eigenvalue weighted by Crippen LogP contribution is -2.60. The van der Waals surface area contributed by atoms with Crippen LogP contribution in [0.15, 0.2) is 65.3 Å². The number of rotatable bonds is 30. The lowest BCUT2D eigenvalue weighted by molar-refractivity contribution is -0.132. The quantitative estimate of drug-likeness (QED) is 0.0208. The van der Waals surface area contributed by atoms with E-state index in [2.05, 4.69) is 75.7 Å². The molecule has 1 aromatic heterocycles. The molecule has 478 valence electrons. The Morgan fingerprint density at radius 3 is 2.34 bits per heavy atom. The van der Waals surface area contributed by atoms with Crippen LogP contribution in [0.4, 0.5) is 0 Å². The zero-order chi connectivity index (χ0) is 61.3. The molecule has 2 aliphatic carbocycles. The maximum atomic E-state index is 14.2. The number of aliphatic imine (C=N–C) groups is 1. The fourth-order valence-electron chi connectivity index (χ4n) is 11.9. The molecule has 6 rings (SSSR count). The van der Waals surface area contributed by atoms with Crippen LogP contribution in [0.2, 0.25) is 0 Å². The average molecular weight is 1190 g/mol. The zero-order valence-corrected chi connectivity index (χ0v) is 50.7. The van der Waals surface area contributed by atoms with Gasteiger partial charge in [-0.2, -0.15) is 0 Å². The Morgan fingerprint density at radius 2 is 1.59 bits per heavy atom. The number of hydrogen-bond acceptors (Lipinski definition) is 19. The minimum atomic E-state index is -1.36. The first-order valence-corrected chi connectivity index (χ1v) is 31.3. The molecule has 85 heavy (non-hydrogen) atoms. The van der Waals surface area contributed by atoms with Gasteiger partial charge in [-0.15, -0.1) is 0 Å². The van der Waals surface area contributed by atoms with Crippen LogP contribution in [0.1, 0.15) is 129 Å². The number of hydrogen-bond donors (Lipinski definition) is 18. The maximum Gasteiger partial charge on any atom is 0.243 e. The number of allylic oxidation sites excluding steroid dienone is 5. The normalized spacial score (nSPS) is 28.2. The van der Waals surface area contributed by atoms with Crippen molar-refractivity contribution in [3.05, 3.63) is 66.2 Å². The van der Waals surface area contributed by atoms with Crippen molar-refractivity contribution >= 4 is 34.7 Å². The van der Waals surface area contributed by atoms with Crippen molar-refractivity contribution in [1.82, 2.24) is 67.6 Å². The molecule has 0 radical (unpaired) electrons. The van der Waals surface area contributed by atoms with Gasteiger partial charge in [-0.1, -0.05) is 69.2 Å². The van der Waals surface area contributed by atoms with E-state index in [0.29, 0.717) is 84.1 Å². The Bertz CT molecular complexity index is 2420. The van der Waals surface area contributed by atoms with Crippen LogP contribution in [0.5, 0.6) is 0 Å². The number of para-hydroxylation sites is 2. The third-order valence-corrected chi connectivity index (χ3v) is 17.1. The lowest BCUT2D eigenvalue weighted by Gasteiger charge is -2.36. The molecule has 2 aliphatic heterocycles. The van der Waals surface area contributed by atoms with Gasteiger partial charge in [0.25, 0.3) is 0 Å². The number of amides is 3. The van der Waals surface area contributed by atoms with E-state index in [-0.39, 0.29) is 49.1 Å². The van der Waals surface area contributed by atoms with E-state index in [1.54, 1.807) is 14.0 Å².